The molecule has 41 heavy (non-hydrogen) atoms. The molecule has 0 unspecified atom stereocenters. The Morgan fingerprint density at radius 2 is 2.02 bits per heavy atom. The van der Waals surface area contributed by atoms with Gasteiger partial charge in [-0.2, -0.15) is 5.10 Å². The van der Waals surface area contributed by atoms with Crippen LogP contribution < -0.4 is 10.1 Å². The molecule has 2 saturated heterocycles. The number of anilines is 2. The van der Waals surface area contributed by atoms with Gasteiger partial charge in [-0.05, 0) is 57.5 Å². The van der Waals surface area contributed by atoms with Crippen LogP contribution in [0.2, 0.25) is 0 Å². The van der Waals surface area contributed by atoms with E-state index in [1.54, 1.807) is 16.5 Å². The van der Waals surface area contributed by atoms with Gasteiger partial charge in [0.2, 0.25) is 5.91 Å². The highest BCUT2D eigenvalue weighted by molar-refractivity contribution is 5.95. The summed E-state index contributed by atoms with van der Waals surface area (Å²) < 4.78 is 12.9. The smallest absolute Gasteiger partial charge is 0.330 e. The first-order chi connectivity index (χ1) is 19.9. The van der Waals surface area contributed by atoms with Crippen LogP contribution in [-0.2, 0) is 28.0 Å². The fraction of sp³-hybridized carbons (Fsp3) is 0.433. The van der Waals surface area contributed by atoms with Crippen LogP contribution >= 0.6 is 0 Å². The zero-order chi connectivity index (χ0) is 28.5. The zero-order valence-electron chi connectivity index (χ0n) is 23.7. The van der Waals surface area contributed by atoms with Gasteiger partial charge in [0.1, 0.15) is 12.4 Å². The molecule has 0 saturated carbocycles. The number of fused-ring (bicyclic) bond motifs is 2. The number of carbonyl (C=O) groups is 2. The summed E-state index contributed by atoms with van der Waals surface area (Å²) in [5, 5.41) is 7.86. The number of pyridine rings is 2. The maximum Gasteiger partial charge on any atom is 0.330 e. The second-order valence-corrected chi connectivity index (χ2v) is 10.8. The summed E-state index contributed by atoms with van der Waals surface area (Å²) in [7, 11) is 1.91. The van der Waals surface area contributed by atoms with Gasteiger partial charge in [0.05, 0.1) is 24.2 Å². The van der Waals surface area contributed by atoms with Crippen molar-refractivity contribution in [1.29, 1.82) is 0 Å². The van der Waals surface area contributed by atoms with Crippen molar-refractivity contribution in [3.8, 4) is 16.9 Å². The molecule has 2 fully saturated rings. The summed E-state index contributed by atoms with van der Waals surface area (Å²) in [5.74, 6) is 1.26. The Morgan fingerprint density at radius 1 is 1.22 bits per heavy atom. The topological polar surface area (TPSA) is 115 Å². The Balaban J connectivity index is 1.09. The third-order valence-electron chi connectivity index (χ3n) is 8.13. The van der Waals surface area contributed by atoms with Crippen molar-refractivity contribution in [3.63, 3.8) is 0 Å². The number of rotatable bonds is 6. The number of piperidine rings is 1. The third-order valence-corrected chi connectivity index (χ3v) is 8.13. The Kier molecular flexibility index (Phi) is 7.44. The first-order valence-electron chi connectivity index (χ1n) is 14.2. The van der Waals surface area contributed by atoms with Crippen molar-refractivity contribution in [2.75, 3.05) is 38.1 Å². The lowest BCUT2D eigenvalue weighted by Crippen LogP contribution is -2.61. The maximum absolute atomic E-state index is 12.3. The molecule has 6 heterocycles. The highest BCUT2D eigenvalue weighted by Gasteiger charge is 2.36. The quantitative estimate of drug-likeness (QED) is 0.360. The minimum Gasteiger partial charge on any atom is -0.485 e. The Hall–Kier alpha value is -4.25. The maximum atomic E-state index is 12.3. The van der Waals surface area contributed by atoms with Crippen LogP contribution in [0.3, 0.4) is 0 Å². The monoisotopic (exact) mass is 557 g/mol. The minimum atomic E-state index is -0.488. The van der Waals surface area contributed by atoms with Gasteiger partial charge in [0, 0.05) is 73.5 Å². The van der Waals surface area contributed by atoms with E-state index in [0.717, 1.165) is 71.3 Å². The molecule has 3 aliphatic rings. The summed E-state index contributed by atoms with van der Waals surface area (Å²) >= 11 is 0. The van der Waals surface area contributed by atoms with Gasteiger partial charge in [-0.15, -0.1) is 0 Å². The van der Waals surface area contributed by atoms with Crippen LogP contribution in [0, 0.1) is 6.92 Å². The number of carbonyl (C=O) groups excluding carboxylic acids is 2. The molecule has 1 amide bonds. The second kappa shape index (κ2) is 11.3. The SMILES string of the molecule is CCOC(=O)/C=C/C(=O)N1CC(N2CCC(c3cc4c(c(C)n3)OCc3c(-c5cnn(C)c5)ccnc3N4)CC2)C1. The molecule has 6 rings (SSSR count). The summed E-state index contributed by atoms with van der Waals surface area (Å²) in [6.07, 6.45) is 10.2. The highest BCUT2D eigenvalue weighted by Crippen LogP contribution is 2.40. The van der Waals surface area contributed by atoms with Crippen LogP contribution in [0.1, 0.15) is 42.6 Å². The molecule has 0 atom stereocenters. The van der Waals surface area contributed by atoms with Crippen molar-refractivity contribution in [1.82, 2.24) is 29.5 Å². The molecule has 11 nitrogen and oxygen atoms in total. The summed E-state index contributed by atoms with van der Waals surface area (Å²) in [5.41, 5.74) is 5.90. The first-order valence-corrected chi connectivity index (χ1v) is 14.2. The highest BCUT2D eigenvalue weighted by atomic mass is 16.5. The number of nitrogens with zero attached hydrogens (tertiary/aromatic N) is 6. The van der Waals surface area contributed by atoms with Crippen LogP contribution in [0.15, 0.2) is 42.9 Å². The van der Waals surface area contributed by atoms with E-state index in [1.165, 1.54) is 12.2 Å². The second-order valence-electron chi connectivity index (χ2n) is 10.8. The van der Waals surface area contributed by atoms with Gasteiger partial charge in [0.25, 0.3) is 0 Å². The molecule has 214 valence electrons. The van der Waals surface area contributed by atoms with E-state index >= 15 is 0 Å². The predicted molar refractivity (Wildman–Crippen MR) is 153 cm³/mol. The van der Waals surface area contributed by atoms with Crippen LogP contribution in [-0.4, -0.2) is 80.3 Å². The summed E-state index contributed by atoms with van der Waals surface area (Å²) in [6, 6.07) is 4.47. The number of aromatic nitrogens is 4. The number of hydrogen-bond donors (Lipinski definition) is 1. The van der Waals surface area contributed by atoms with Crippen LogP contribution in [0.5, 0.6) is 5.75 Å². The lowest BCUT2D eigenvalue weighted by molar-refractivity contribution is -0.138. The summed E-state index contributed by atoms with van der Waals surface area (Å²) in [6.45, 7) is 7.70. The van der Waals surface area contributed by atoms with E-state index in [0.29, 0.717) is 38.3 Å². The van der Waals surface area contributed by atoms with E-state index in [-0.39, 0.29) is 5.91 Å². The molecule has 0 aliphatic carbocycles. The van der Waals surface area contributed by atoms with Crippen molar-refractivity contribution in [3.05, 3.63) is 59.8 Å². The van der Waals surface area contributed by atoms with E-state index in [4.69, 9.17) is 14.5 Å². The third kappa shape index (κ3) is 5.54. The van der Waals surface area contributed by atoms with E-state index in [1.807, 2.05) is 38.6 Å². The van der Waals surface area contributed by atoms with Gasteiger partial charge < -0.3 is 19.7 Å². The molecule has 11 heteroatoms. The number of amides is 1. The van der Waals surface area contributed by atoms with Crippen molar-refractivity contribution < 1.29 is 19.1 Å². The fourth-order valence-electron chi connectivity index (χ4n) is 5.88. The number of ether oxygens (including phenoxy) is 2. The Bertz CT molecular complexity index is 1490. The molecule has 3 aromatic heterocycles. The lowest BCUT2D eigenvalue weighted by atomic mass is 9.90. The van der Waals surface area contributed by atoms with E-state index < -0.39 is 5.97 Å². The number of likely N-dealkylation sites (tertiary alicyclic amines) is 2. The first kappa shape index (κ1) is 26.9. The fourth-order valence-corrected chi connectivity index (χ4v) is 5.88. The van der Waals surface area contributed by atoms with Crippen LogP contribution in [0.25, 0.3) is 11.1 Å². The van der Waals surface area contributed by atoms with E-state index in [2.05, 4.69) is 26.4 Å². The average Bonchev–Trinajstić information content (AvgIpc) is 3.27. The molecule has 0 aromatic carbocycles. The van der Waals surface area contributed by atoms with Crippen molar-refractivity contribution in [2.24, 2.45) is 7.05 Å². The Morgan fingerprint density at radius 3 is 2.76 bits per heavy atom. The Labute approximate surface area is 239 Å². The largest absolute Gasteiger partial charge is 0.485 e. The molecule has 3 aromatic rings. The van der Waals surface area contributed by atoms with Crippen molar-refractivity contribution >= 4 is 23.4 Å². The van der Waals surface area contributed by atoms with E-state index in [9.17, 15) is 9.59 Å². The number of hydrogen-bond acceptors (Lipinski definition) is 9. The van der Waals surface area contributed by atoms with Gasteiger partial charge >= 0.3 is 5.97 Å². The average molecular weight is 558 g/mol. The number of nitrogens with one attached hydrogen (secondary N) is 1. The normalized spacial score (nSPS) is 17.7. The molecule has 3 aliphatic heterocycles. The molecule has 1 N–H and O–H groups in total. The predicted octanol–water partition coefficient (Wildman–Crippen LogP) is 3.33. The van der Waals surface area contributed by atoms with Gasteiger partial charge in [-0.3, -0.25) is 19.4 Å². The molecule has 0 radical (unpaired) electrons. The molecular weight excluding hydrogens is 522 g/mol. The zero-order valence-corrected chi connectivity index (χ0v) is 23.7. The molecule has 0 spiro atoms. The lowest BCUT2D eigenvalue weighted by Gasteiger charge is -2.47. The van der Waals surface area contributed by atoms with Gasteiger partial charge in [-0.1, -0.05) is 0 Å². The van der Waals surface area contributed by atoms with Crippen LogP contribution in [0.4, 0.5) is 11.5 Å². The molecule has 0 bridgehead atoms. The number of aryl methyl sites for hydroxylation is 2. The summed E-state index contributed by atoms with van der Waals surface area (Å²) in [4.78, 5) is 37.6. The minimum absolute atomic E-state index is 0.146. The van der Waals surface area contributed by atoms with Gasteiger partial charge in [0.15, 0.2) is 5.75 Å². The van der Waals surface area contributed by atoms with Crippen molar-refractivity contribution in [2.45, 2.75) is 45.3 Å². The standard InChI is InChI=1S/C30H35N7O4/c1-4-40-28(39)6-5-27(38)37-16-22(17-37)36-11-8-20(9-12-36)25-13-26-29(19(2)33-25)41-18-24-23(7-10-31-30(24)34-26)21-14-32-35(3)15-21/h5-7,10,13-15,20,22H,4,8-9,11-12,16-18H2,1-3H3,(H,31,34)/b6-5+. The number of esters is 1. The van der Waals surface area contributed by atoms with Gasteiger partial charge in [-0.25, -0.2) is 9.78 Å². The molecular formula is C30H35N7O4.